The average molecular weight is 281 g/mol. The van der Waals surface area contributed by atoms with Crippen molar-refractivity contribution in [3.63, 3.8) is 0 Å². The molecule has 0 saturated heterocycles. The largest absolute Gasteiger partial charge is 0.488 e. The molecule has 0 unspecified atom stereocenters. The normalized spacial score (nSPS) is 10.4. The highest BCUT2D eigenvalue weighted by molar-refractivity contribution is 7.80. The van der Waals surface area contributed by atoms with Crippen molar-refractivity contribution >= 4 is 18.7 Å². The average Bonchev–Trinajstić information content (AvgIpc) is 2.52. The van der Waals surface area contributed by atoms with Crippen molar-refractivity contribution < 1.29 is 4.74 Å². The fourth-order valence-corrected chi connectivity index (χ4v) is 1.88. The van der Waals surface area contributed by atoms with E-state index in [1.807, 2.05) is 54.6 Å². The lowest BCUT2D eigenvalue weighted by atomic mass is 10.1. The topological polar surface area (TPSA) is 33.0 Å². The molecule has 0 spiro atoms. The van der Waals surface area contributed by atoms with Gasteiger partial charge in [0.15, 0.2) is 0 Å². The van der Waals surface area contributed by atoms with Crippen LogP contribution in [0.25, 0.3) is 6.08 Å². The number of nitrogens with zero attached hydrogens (tertiary/aromatic N) is 1. The first-order chi connectivity index (χ1) is 9.83. The van der Waals surface area contributed by atoms with E-state index < -0.39 is 0 Å². The van der Waals surface area contributed by atoms with Crippen molar-refractivity contribution in [2.24, 2.45) is 0 Å². The second-order valence-corrected chi connectivity index (χ2v) is 4.59. The predicted molar refractivity (Wildman–Crippen MR) is 84.8 cm³/mol. The zero-order valence-corrected chi connectivity index (χ0v) is 11.9. The van der Waals surface area contributed by atoms with Gasteiger partial charge in [-0.3, -0.25) is 0 Å². The van der Waals surface area contributed by atoms with Gasteiger partial charge in [0.25, 0.3) is 0 Å². The first kappa shape index (κ1) is 14.2. The van der Waals surface area contributed by atoms with Crippen molar-refractivity contribution in [3.8, 4) is 11.8 Å². The minimum atomic E-state index is 0.454. The summed E-state index contributed by atoms with van der Waals surface area (Å²) in [6.45, 7) is 0.454. The first-order valence-corrected chi connectivity index (χ1v) is 6.95. The lowest BCUT2D eigenvalue weighted by molar-refractivity contribution is 0.305. The molecule has 0 heterocycles. The molecule has 0 fully saturated rings. The lowest BCUT2D eigenvalue weighted by Gasteiger charge is -2.09. The third-order valence-corrected chi connectivity index (χ3v) is 2.99. The van der Waals surface area contributed by atoms with Crippen LogP contribution in [0.4, 0.5) is 0 Å². The summed E-state index contributed by atoms with van der Waals surface area (Å²) in [7, 11) is 0. The van der Waals surface area contributed by atoms with Crippen molar-refractivity contribution in [1.82, 2.24) is 0 Å². The fraction of sp³-hybridized carbons (Fsp3) is 0.118. The SMILES string of the molecule is N#Cc1ccc(C=CCS)cc1OCc1ccccc1. The number of thiol groups is 1. The molecule has 0 radical (unpaired) electrons. The molecule has 3 heteroatoms. The zero-order valence-electron chi connectivity index (χ0n) is 11.0. The summed E-state index contributed by atoms with van der Waals surface area (Å²) >= 11 is 4.13. The van der Waals surface area contributed by atoms with Gasteiger partial charge in [0.2, 0.25) is 0 Å². The predicted octanol–water partition coefficient (Wildman–Crippen LogP) is 4.08. The quantitative estimate of drug-likeness (QED) is 0.838. The lowest BCUT2D eigenvalue weighted by Crippen LogP contribution is -1.97. The standard InChI is InChI=1S/C17H15NOS/c18-12-16-9-8-14(7-4-10-20)11-17(16)19-13-15-5-2-1-3-6-15/h1-9,11,20H,10,13H2. The van der Waals surface area contributed by atoms with Crippen LogP contribution in [-0.4, -0.2) is 5.75 Å². The van der Waals surface area contributed by atoms with Crippen molar-refractivity contribution in [1.29, 1.82) is 5.26 Å². The van der Waals surface area contributed by atoms with Crippen LogP contribution in [0, 0.1) is 11.3 Å². The van der Waals surface area contributed by atoms with Gasteiger partial charge in [-0.25, -0.2) is 0 Å². The molecule has 2 aromatic carbocycles. The Hall–Kier alpha value is -2.18. The van der Waals surface area contributed by atoms with Crippen LogP contribution < -0.4 is 4.74 Å². The summed E-state index contributed by atoms with van der Waals surface area (Å²) in [5.74, 6) is 1.29. The van der Waals surface area contributed by atoms with E-state index in [0.717, 1.165) is 11.1 Å². The summed E-state index contributed by atoms with van der Waals surface area (Å²) in [4.78, 5) is 0. The molecule has 0 aliphatic heterocycles. The van der Waals surface area contributed by atoms with Gasteiger partial charge in [0.05, 0.1) is 5.56 Å². The van der Waals surface area contributed by atoms with E-state index in [9.17, 15) is 0 Å². The molecule has 100 valence electrons. The van der Waals surface area contributed by atoms with Gasteiger partial charge >= 0.3 is 0 Å². The van der Waals surface area contributed by atoms with E-state index >= 15 is 0 Å². The maximum atomic E-state index is 9.12. The molecule has 2 rings (SSSR count). The van der Waals surface area contributed by atoms with Gasteiger partial charge in [0, 0.05) is 5.75 Å². The van der Waals surface area contributed by atoms with E-state index in [4.69, 9.17) is 10.00 Å². The second kappa shape index (κ2) is 7.42. The van der Waals surface area contributed by atoms with Gasteiger partial charge in [-0.2, -0.15) is 17.9 Å². The highest BCUT2D eigenvalue weighted by Gasteiger charge is 2.04. The molecule has 2 nitrogen and oxygen atoms in total. The van der Waals surface area contributed by atoms with Crippen LogP contribution >= 0.6 is 12.6 Å². The summed E-state index contributed by atoms with van der Waals surface area (Å²) in [6.07, 6.45) is 3.91. The second-order valence-electron chi connectivity index (χ2n) is 4.23. The molecule has 0 aliphatic carbocycles. The van der Waals surface area contributed by atoms with E-state index in [1.54, 1.807) is 6.07 Å². The zero-order chi connectivity index (χ0) is 14.2. The Morgan fingerprint density at radius 2 is 1.95 bits per heavy atom. The Morgan fingerprint density at radius 1 is 1.15 bits per heavy atom. The molecule has 0 aromatic heterocycles. The molecular formula is C17H15NOS. The van der Waals surface area contributed by atoms with Crippen LogP contribution in [0.2, 0.25) is 0 Å². The van der Waals surface area contributed by atoms with Gasteiger partial charge < -0.3 is 4.74 Å². The van der Waals surface area contributed by atoms with E-state index in [-0.39, 0.29) is 0 Å². The van der Waals surface area contributed by atoms with Crippen LogP contribution in [-0.2, 0) is 6.61 Å². The summed E-state index contributed by atoms with van der Waals surface area (Å²) in [5.41, 5.74) is 2.62. The Labute approximate surface area is 124 Å². The maximum Gasteiger partial charge on any atom is 0.138 e. The molecule has 0 atom stereocenters. The molecular weight excluding hydrogens is 266 g/mol. The third kappa shape index (κ3) is 3.91. The van der Waals surface area contributed by atoms with Gasteiger partial charge in [-0.15, -0.1) is 0 Å². The van der Waals surface area contributed by atoms with E-state index in [2.05, 4.69) is 18.7 Å². The molecule has 0 N–H and O–H groups in total. The molecule has 20 heavy (non-hydrogen) atoms. The van der Waals surface area contributed by atoms with Crippen molar-refractivity contribution in [3.05, 3.63) is 71.3 Å². The van der Waals surface area contributed by atoms with E-state index in [1.165, 1.54) is 0 Å². The number of hydrogen-bond donors (Lipinski definition) is 1. The highest BCUT2D eigenvalue weighted by atomic mass is 32.1. The maximum absolute atomic E-state index is 9.12. The first-order valence-electron chi connectivity index (χ1n) is 6.32. The summed E-state index contributed by atoms with van der Waals surface area (Å²) < 4.78 is 5.76. The number of rotatable bonds is 5. The molecule has 0 saturated carbocycles. The number of nitriles is 1. The molecule has 0 aliphatic rings. The third-order valence-electron chi connectivity index (χ3n) is 2.78. The summed E-state index contributed by atoms with van der Waals surface area (Å²) in [5, 5.41) is 9.12. The van der Waals surface area contributed by atoms with E-state index in [0.29, 0.717) is 23.7 Å². The van der Waals surface area contributed by atoms with Crippen molar-refractivity contribution in [2.45, 2.75) is 6.61 Å². The Kier molecular flexibility index (Phi) is 5.28. The van der Waals surface area contributed by atoms with Crippen LogP contribution in [0.5, 0.6) is 5.75 Å². The number of hydrogen-bond acceptors (Lipinski definition) is 3. The summed E-state index contributed by atoms with van der Waals surface area (Å²) in [6, 6.07) is 17.6. The molecule has 0 amide bonds. The molecule has 2 aromatic rings. The Bertz CT molecular complexity index is 629. The minimum absolute atomic E-state index is 0.454. The van der Waals surface area contributed by atoms with Crippen LogP contribution in [0.1, 0.15) is 16.7 Å². The number of ether oxygens (including phenoxy) is 1. The van der Waals surface area contributed by atoms with Gasteiger partial charge in [-0.1, -0.05) is 48.6 Å². The number of benzene rings is 2. The fourth-order valence-electron chi connectivity index (χ4n) is 1.78. The Balaban J connectivity index is 2.16. The monoisotopic (exact) mass is 281 g/mol. The minimum Gasteiger partial charge on any atom is -0.488 e. The van der Waals surface area contributed by atoms with Crippen molar-refractivity contribution in [2.75, 3.05) is 5.75 Å². The highest BCUT2D eigenvalue weighted by Crippen LogP contribution is 2.22. The smallest absolute Gasteiger partial charge is 0.138 e. The van der Waals surface area contributed by atoms with Gasteiger partial charge in [-0.05, 0) is 23.3 Å². The van der Waals surface area contributed by atoms with Crippen LogP contribution in [0.15, 0.2) is 54.6 Å². The molecule has 0 bridgehead atoms. The van der Waals surface area contributed by atoms with Gasteiger partial charge in [0.1, 0.15) is 18.4 Å². The Morgan fingerprint density at radius 3 is 2.65 bits per heavy atom. The van der Waals surface area contributed by atoms with Crippen LogP contribution in [0.3, 0.4) is 0 Å².